The van der Waals surface area contributed by atoms with E-state index >= 15 is 0 Å². The zero-order valence-corrected chi connectivity index (χ0v) is 10.3. The number of carbonyl (C=O) groups excluding carboxylic acids is 1. The number of carboxylic acid groups (broad SMARTS) is 1. The smallest absolute Gasteiger partial charge is 0.332 e. The molecule has 0 aromatic heterocycles. The predicted octanol–water partition coefficient (Wildman–Crippen LogP) is 1.81. The second-order valence-corrected chi connectivity index (χ2v) is 4.36. The summed E-state index contributed by atoms with van der Waals surface area (Å²) in [6.07, 6.45) is -2.43. The number of halogens is 4. The van der Waals surface area contributed by atoms with Crippen LogP contribution in [0.15, 0.2) is 6.07 Å². The molecule has 5 nitrogen and oxygen atoms in total. The normalized spacial score (nSPS) is 21.3. The molecule has 1 aliphatic heterocycles. The summed E-state index contributed by atoms with van der Waals surface area (Å²) < 4.78 is 57.5. The molecule has 2 rings (SSSR count). The van der Waals surface area contributed by atoms with Crippen molar-refractivity contribution in [3.8, 4) is 0 Å². The van der Waals surface area contributed by atoms with Gasteiger partial charge in [0.25, 0.3) is 5.91 Å². The molecule has 0 aliphatic carbocycles. The Bertz CT molecular complexity index is 581. The lowest BCUT2D eigenvalue weighted by Crippen LogP contribution is -2.30. The standard InChI is InChI=1S/C12H9F4NO4/c13-4-3-5(14)9(16)10(8(4)15)17-11(18)6-1-2-7(21-6)12(19)20/h3,6-7H,1-2H2,(H,17,18)(H,19,20). The van der Waals surface area contributed by atoms with Gasteiger partial charge < -0.3 is 15.2 Å². The summed E-state index contributed by atoms with van der Waals surface area (Å²) in [4.78, 5) is 22.4. The fourth-order valence-corrected chi connectivity index (χ4v) is 1.90. The van der Waals surface area contributed by atoms with Gasteiger partial charge >= 0.3 is 5.97 Å². The van der Waals surface area contributed by atoms with E-state index in [2.05, 4.69) is 0 Å². The Kier molecular flexibility index (Phi) is 4.12. The van der Waals surface area contributed by atoms with Crippen LogP contribution in [0.4, 0.5) is 23.2 Å². The highest BCUT2D eigenvalue weighted by Crippen LogP contribution is 2.26. The summed E-state index contributed by atoms with van der Waals surface area (Å²) >= 11 is 0. The van der Waals surface area contributed by atoms with Crippen LogP contribution >= 0.6 is 0 Å². The minimum Gasteiger partial charge on any atom is -0.479 e. The largest absolute Gasteiger partial charge is 0.479 e. The Hall–Kier alpha value is -2.16. The van der Waals surface area contributed by atoms with Gasteiger partial charge in [-0.3, -0.25) is 4.79 Å². The molecule has 9 heteroatoms. The molecule has 2 atom stereocenters. The predicted molar refractivity (Wildman–Crippen MR) is 60.4 cm³/mol. The lowest BCUT2D eigenvalue weighted by Gasteiger charge is -2.13. The number of carboxylic acids is 1. The van der Waals surface area contributed by atoms with E-state index in [1.54, 1.807) is 5.32 Å². The summed E-state index contributed by atoms with van der Waals surface area (Å²) in [5.41, 5.74) is -1.28. The number of hydrogen-bond donors (Lipinski definition) is 2. The van der Waals surface area contributed by atoms with E-state index in [-0.39, 0.29) is 18.9 Å². The Balaban J connectivity index is 2.16. The van der Waals surface area contributed by atoms with Crippen LogP contribution in [0, 0.1) is 23.3 Å². The minimum absolute atomic E-state index is 0.00381. The zero-order chi connectivity index (χ0) is 15.7. The summed E-state index contributed by atoms with van der Waals surface area (Å²) in [7, 11) is 0. The lowest BCUT2D eigenvalue weighted by atomic mass is 10.2. The molecular formula is C12H9F4NO4. The van der Waals surface area contributed by atoms with E-state index in [1.807, 2.05) is 0 Å². The van der Waals surface area contributed by atoms with Gasteiger partial charge in [0, 0.05) is 6.07 Å². The Labute approximate surface area is 115 Å². The van der Waals surface area contributed by atoms with Crippen LogP contribution in [-0.2, 0) is 14.3 Å². The number of anilines is 1. The van der Waals surface area contributed by atoms with Gasteiger partial charge in [-0.2, -0.15) is 0 Å². The Morgan fingerprint density at radius 2 is 1.62 bits per heavy atom. The first-order valence-corrected chi connectivity index (χ1v) is 5.83. The number of carbonyl (C=O) groups is 2. The number of aliphatic carboxylic acids is 1. The van der Waals surface area contributed by atoms with E-state index in [0.717, 1.165) is 0 Å². The maximum atomic E-state index is 13.4. The van der Waals surface area contributed by atoms with E-state index in [0.29, 0.717) is 0 Å². The molecule has 0 radical (unpaired) electrons. The van der Waals surface area contributed by atoms with Crippen molar-refractivity contribution in [3.05, 3.63) is 29.3 Å². The highest BCUT2D eigenvalue weighted by atomic mass is 19.2. The molecular weight excluding hydrogens is 298 g/mol. The van der Waals surface area contributed by atoms with Gasteiger partial charge in [-0.1, -0.05) is 0 Å². The number of rotatable bonds is 3. The number of hydrogen-bond acceptors (Lipinski definition) is 3. The summed E-state index contributed by atoms with van der Waals surface area (Å²) in [6, 6.07) is 0.00680. The fraction of sp³-hybridized carbons (Fsp3) is 0.333. The molecule has 1 aromatic rings. The van der Waals surface area contributed by atoms with Crippen LogP contribution in [0.25, 0.3) is 0 Å². The molecule has 0 spiro atoms. The summed E-state index contributed by atoms with van der Waals surface area (Å²) in [6.45, 7) is 0. The fourth-order valence-electron chi connectivity index (χ4n) is 1.90. The van der Waals surface area contributed by atoms with Crippen molar-refractivity contribution in [2.75, 3.05) is 5.32 Å². The molecule has 1 saturated heterocycles. The van der Waals surface area contributed by atoms with Crippen molar-refractivity contribution in [1.82, 2.24) is 0 Å². The maximum Gasteiger partial charge on any atom is 0.332 e. The summed E-state index contributed by atoms with van der Waals surface area (Å²) in [5.74, 6) is -9.20. The molecule has 2 unspecified atom stereocenters. The van der Waals surface area contributed by atoms with Gasteiger partial charge in [-0.25, -0.2) is 22.4 Å². The first-order chi connectivity index (χ1) is 9.81. The molecule has 1 heterocycles. The van der Waals surface area contributed by atoms with E-state index in [9.17, 15) is 27.2 Å². The Morgan fingerprint density at radius 1 is 1.10 bits per heavy atom. The topological polar surface area (TPSA) is 75.6 Å². The van der Waals surface area contributed by atoms with Crippen molar-refractivity contribution in [3.63, 3.8) is 0 Å². The highest BCUT2D eigenvalue weighted by Gasteiger charge is 2.35. The van der Waals surface area contributed by atoms with Crippen LogP contribution in [0.1, 0.15) is 12.8 Å². The van der Waals surface area contributed by atoms with E-state index in [4.69, 9.17) is 9.84 Å². The van der Waals surface area contributed by atoms with E-state index < -0.39 is 53.0 Å². The molecule has 21 heavy (non-hydrogen) atoms. The van der Waals surface area contributed by atoms with Crippen LogP contribution in [0.2, 0.25) is 0 Å². The zero-order valence-electron chi connectivity index (χ0n) is 10.3. The van der Waals surface area contributed by atoms with Gasteiger partial charge in [0.05, 0.1) is 0 Å². The highest BCUT2D eigenvalue weighted by molar-refractivity contribution is 5.95. The van der Waals surface area contributed by atoms with Crippen molar-refractivity contribution in [1.29, 1.82) is 0 Å². The number of amides is 1. The molecule has 1 fully saturated rings. The number of benzene rings is 1. The maximum absolute atomic E-state index is 13.4. The quantitative estimate of drug-likeness (QED) is 0.660. The van der Waals surface area contributed by atoms with E-state index in [1.165, 1.54) is 0 Å². The molecule has 1 aliphatic rings. The third-order valence-corrected chi connectivity index (χ3v) is 2.95. The summed E-state index contributed by atoms with van der Waals surface area (Å²) in [5, 5.41) is 10.4. The van der Waals surface area contributed by atoms with Crippen molar-refractivity contribution in [2.45, 2.75) is 25.0 Å². The van der Waals surface area contributed by atoms with Crippen LogP contribution < -0.4 is 5.32 Å². The average molecular weight is 307 g/mol. The third kappa shape index (κ3) is 2.97. The van der Waals surface area contributed by atoms with Crippen LogP contribution in [0.5, 0.6) is 0 Å². The third-order valence-electron chi connectivity index (χ3n) is 2.95. The molecule has 1 amide bonds. The SMILES string of the molecule is O=C(O)C1CCC(C(=O)Nc2c(F)c(F)cc(F)c2F)O1. The van der Waals surface area contributed by atoms with Gasteiger partial charge in [0.2, 0.25) is 0 Å². The van der Waals surface area contributed by atoms with Gasteiger partial charge in [-0.15, -0.1) is 0 Å². The van der Waals surface area contributed by atoms with Crippen molar-refractivity contribution in [2.24, 2.45) is 0 Å². The monoisotopic (exact) mass is 307 g/mol. The first kappa shape index (κ1) is 15.2. The van der Waals surface area contributed by atoms with Crippen molar-refractivity contribution < 1.29 is 37.0 Å². The van der Waals surface area contributed by atoms with Crippen molar-refractivity contribution >= 4 is 17.6 Å². The second-order valence-electron chi connectivity index (χ2n) is 4.36. The van der Waals surface area contributed by atoms with Gasteiger partial charge in [-0.05, 0) is 12.8 Å². The van der Waals surface area contributed by atoms with Crippen LogP contribution in [0.3, 0.4) is 0 Å². The minimum atomic E-state index is -1.75. The first-order valence-electron chi connectivity index (χ1n) is 5.83. The van der Waals surface area contributed by atoms with Gasteiger partial charge in [0.15, 0.2) is 29.4 Å². The molecule has 1 aromatic carbocycles. The molecule has 0 saturated carbocycles. The van der Waals surface area contributed by atoms with Crippen LogP contribution in [-0.4, -0.2) is 29.2 Å². The number of ether oxygens (including phenoxy) is 1. The van der Waals surface area contributed by atoms with Gasteiger partial charge in [0.1, 0.15) is 11.8 Å². The number of nitrogens with one attached hydrogen (secondary N) is 1. The second kappa shape index (κ2) is 5.68. The lowest BCUT2D eigenvalue weighted by molar-refractivity contribution is -0.150. The Morgan fingerprint density at radius 3 is 2.10 bits per heavy atom. The molecule has 0 bridgehead atoms. The molecule has 2 N–H and O–H groups in total. The average Bonchev–Trinajstić information content (AvgIpc) is 2.91. The molecule has 114 valence electrons.